The lowest BCUT2D eigenvalue weighted by Gasteiger charge is -2.10. The van der Waals surface area contributed by atoms with Crippen LogP contribution in [0.25, 0.3) is 11.0 Å². The average Bonchev–Trinajstić information content (AvgIpc) is 3.10. The van der Waals surface area contributed by atoms with E-state index >= 15 is 0 Å². The van der Waals surface area contributed by atoms with Gasteiger partial charge in [0, 0.05) is 29.3 Å². The second kappa shape index (κ2) is 7.60. The lowest BCUT2D eigenvalue weighted by molar-refractivity contribution is -0.119. The van der Waals surface area contributed by atoms with Gasteiger partial charge in [0.25, 0.3) is 5.91 Å². The van der Waals surface area contributed by atoms with Crippen molar-refractivity contribution in [3.05, 3.63) is 54.3 Å². The monoisotopic (exact) mass is 355 g/mol. The summed E-state index contributed by atoms with van der Waals surface area (Å²) in [4.78, 5) is 24.1. The zero-order valence-corrected chi connectivity index (χ0v) is 14.3. The Morgan fingerprint density at radius 1 is 1.00 bits per heavy atom. The standard InChI is InChI=1S/C19H17NO6/c1-23-14-8-13(9-15(10-14)24-2)20-18(21)11-25-19(22)17-7-12-5-3-4-6-16(12)26-17/h3-10H,11H2,1-2H3,(H,20,21). The zero-order chi connectivity index (χ0) is 18.5. The van der Waals surface area contributed by atoms with Gasteiger partial charge in [0.2, 0.25) is 5.76 Å². The Morgan fingerprint density at radius 2 is 1.69 bits per heavy atom. The van der Waals surface area contributed by atoms with Crippen LogP contribution in [0.4, 0.5) is 5.69 Å². The fourth-order valence-electron chi connectivity index (χ4n) is 2.36. The van der Waals surface area contributed by atoms with E-state index in [-0.39, 0.29) is 5.76 Å². The summed E-state index contributed by atoms with van der Waals surface area (Å²) in [7, 11) is 3.02. The highest BCUT2D eigenvalue weighted by atomic mass is 16.5. The summed E-state index contributed by atoms with van der Waals surface area (Å²) in [6.45, 7) is -0.449. The number of esters is 1. The molecule has 0 atom stereocenters. The van der Waals surface area contributed by atoms with E-state index in [1.807, 2.05) is 12.1 Å². The number of furan rings is 1. The molecule has 0 aliphatic heterocycles. The summed E-state index contributed by atoms with van der Waals surface area (Å²) in [6.07, 6.45) is 0. The molecular weight excluding hydrogens is 338 g/mol. The molecule has 1 heterocycles. The molecule has 0 radical (unpaired) electrons. The van der Waals surface area contributed by atoms with Crippen LogP contribution in [-0.4, -0.2) is 32.7 Å². The van der Waals surface area contributed by atoms with E-state index in [2.05, 4.69) is 5.32 Å². The van der Waals surface area contributed by atoms with E-state index in [9.17, 15) is 9.59 Å². The molecule has 7 heteroatoms. The van der Waals surface area contributed by atoms with Crippen LogP contribution in [0.1, 0.15) is 10.6 Å². The highest BCUT2D eigenvalue weighted by Crippen LogP contribution is 2.25. The van der Waals surface area contributed by atoms with Gasteiger partial charge in [-0.05, 0) is 12.1 Å². The molecule has 0 aliphatic rings. The SMILES string of the molecule is COc1cc(NC(=O)COC(=O)c2cc3ccccc3o2)cc(OC)c1. The summed E-state index contributed by atoms with van der Waals surface area (Å²) in [5.41, 5.74) is 1.04. The van der Waals surface area contributed by atoms with E-state index in [0.29, 0.717) is 22.8 Å². The first-order valence-electron chi connectivity index (χ1n) is 7.77. The highest BCUT2D eigenvalue weighted by Gasteiger charge is 2.15. The lowest BCUT2D eigenvalue weighted by atomic mass is 10.2. The minimum Gasteiger partial charge on any atom is -0.497 e. The fraction of sp³-hybridized carbons (Fsp3) is 0.158. The van der Waals surface area contributed by atoms with Crippen molar-refractivity contribution in [3.8, 4) is 11.5 Å². The summed E-state index contributed by atoms with van der Waals surface area (Å²) in [5, 5.41) is 3.40. The minimum absolute atomic E-state index is 0.0436. The Balaban J connectivity index is 1.61. The number of para-hydroxylation sites is 1. The molecule has 1 aromatic heterocycles. The Kier molecular flexibility index (Phi) is 5.07. The molecule has 7 nitrogen and oxygen atoms in total. The number of methoxy groups -OCH3 is 2. The number of ether oxygens (including phenoxy) is 3. The number of anilines is 1. The molecular formula is C19H17NO6. The summed E-state index contributed by atoms with van der Waals surface area (Å²) < 4.78 is 20.7. The number of carbonyl (C=O) groups excluding carboxylic acids is 2. The van der Waals surface area contributed by atoms with Crippen LogP contribution in [0.15, 0.2) is 52.9 Å². The van der Waals surface area contributed by atoms with Crippen LogP contribution < -0.4 is 14.8 Å². The van der Waals surface area contributed by atoms with E-state index in [4.69, 9.17) is 18.6 Å². The third-order valence-corrected chi connectivity index (χ3v) is 3.60. The van der Waals surface area contributed by atoms with Crippen molar-refractivity contribution in [1.29, 1.82) is 0 Å². The van der Waals surface area contributed by atoms with E-state index in [1.165, 1.54) is 14.2 Å². The topological polar surface area (TPSA) is 87.0 Å². The summed E-state index contributed by atoms with van der Waals surface area (Å²) >= 11 is 0. The van der Waals surface area contributed by atoms with Crippen LogP contribution in [0.5, 0.6) is 11.5 Å². The number of fused-ring (bicyclic) bond motifs is 1. The number of carbonyl (C=O) groups is 2. The Labute approximate surface area is 149 Å². The zero-order valence-electron chi connectivity index (χ0n) is 14.3. The van der Waals surface area contributed by atoms with Crippen LogP contribution in [0, 0.1) is 0 Å². The quantitative estimate of drug-likeness (QED) is 0.683. The summed E-state index contributed by atoms with van der Waals surface area (Å²) in [6, 6.07) is 13.7. The molecule has 3 rings (SSSR count). The molecule has 0 aliphatic carbocycles. The number of hydrogen-bond acceptors (Lipinski definition) is 6. The van der Waals surface area contributed by atoms with Gasteiger partial charge in [0.15, 0.2) is 6.61 Å². The minimum atomic E-state index is -0.709. The first kappa shape index (κ1) is 17.3. The molecule has 2 aromatic carbocycles. The molecule has 134 valence electrons. The predicted molar refractivity (Wildman–Crippen MR) is 94.7 cm³/mol. The molecule has 26 heavy (non-hydrogen) atoms. The number of hydrogen-bond donors (Lipinski definition) is 1. The van der Waals surface area contributed by atoms with Crippen molar-refractivity contribution in [2.45, 2.75) is 0 Å². The maximum absolute atomic E-state index is 12.0. The molecule has 0 spiro atoms. The Morgan fingerprint density at radius 3 is 2.35 bits per heavy atom. The number of amides is 1. The average molecular weight is 355 g/mol. The van der Waals surface area contributed by atoms with Crippen LogP contribution in [0.3, 0.4) is 0 Å². The lowest BCUT2D eigenvalue weighted by Crippen LogP contribution is -2.20. The van der Waals surface area contributed by atoms with Crippen molar-refractivity contribution in [1.82, 2.24) is 0 Å². The second-order valence-corrected chi connectivity index (χ2v) is 5.37. The van der Waals surface area contributed by atoms with E-state index in [0.717, 1.165) is 5.39 Å². The summed E-state index contributed by atoms with van der Waals surface area (Å²) in [5.74, 6) is -0.107. The molecule has 3 aromatic rings. The van der Waals surface area contributed by atoms with Crippen LogP contribution >= 0.6 is 0 Å². The van der Waals surface area contributed by atoms with E-state index in [1.54, 1.807) is 36.4 Å². The smallest absolute Gasteiger partial charge is 0.374 e. The van der Waals surface area contributed by atoms with Gasteiger partial charge in [-0.1, -0.05) is 18.2 Å². The third-order valence-electron chi connectivity index (χ3n) is 3.60. The van der Waals surface area contributed by atoms with E-state index < -0.39 is 18.5 Å². The van der Waals surface area contributed by atoms with Crippen molar-refractivity contribution in [3.63, 3.8) is 0 Å². The Hall–Kier alpha value is -3.48. The van der Waals surface area contributed by atoms with Gasteiger partial charge in [0.1, 0.15) is 17.1 Å². The molecule has 0 saturated carbocycles. The van der Waals surface area contributed by atoms with Gasteiger partial charge in [-0.15, -0.1) is 0 Å². The van der Waals surface area contributed by atoms with Gasteiger partial charge in [0.05, 0.1) is 14.2 Å². The molecule has 0 fully saturated rings. The predicted octanol–water partition coefficient (Wildman–Crippen LogP) is 3.25. The van der Waals surface area contributed by atoms with Gasteiger partial charge in [-0.25, -0.2) is 4.79 Å². The maximum Gasteiger partial charge on any atom is 0.374 e. The Bertz CT molecular complexity index is 891. The number of benzene rings is 2. The van der Waals surface area contributed by atoms with Gasteiger partial charge in [-0.2, -0.15) is 0 Å². The first-order valence-corrected chi connectivity index (χ1v) is 7.77. The van der Waals surface area contributed by atoms with Crippen molar-refractivity contribution >= 4 is 28.5 Å². The van der Waals surface area contributed by atoms with Crippen molar-refractivity contribution in [2.75, 3.05) is 26.1 Å². The largest absolute Gasteiger partial charge is 0.497 e. The van der Waals surface area contributed by atoms with Crippen LogP contribution in [0.2, 0.25) is 0 Å². The molecule has 0 bridgehead atoms. The number of rotatable bonds is 6. The fourth-order valence-corrected chi connectivity index (χ4v) is 2.36. The van der Waals surface area contributed by atoms with Crippen LogP contribution in [-0.2, 0) is 9.53 Å². The molecule has 1 amide bonds. The first-order chi connectivity index (χ1) is 12.6. The second-order valence-electron chi connectivity index (χ2n) is 5.37. The molecule has 0 unspecified atom stereocenters. The molecule has 1 N–H and O–H groups in total. The van der Waals surface area contributed by atoms with Gasteiger partial charge < -0.3 is 23.9 Å². The van der Waals surface area contributed by atoms with Crippen molar-refractivity contribution in [2.24, 2.45) is 0 Å². The highest BCUT2D eigenvalue weighted by molar-refractivity contribution is 5.96. The normalized spacial score (nSPS) is 10.4. The molecule has 0 saturated heterocycles. The van der Waals surface area contributed by atoms with Gasteiger partial charge >= 0.3 is 5.97 Å². The van der Waals surface area contributed by atoms with Crippen molar-refractivity contribution < 1.29 is 28.2 Å². The maximum atomic E-state index is 12.0. The third kappa shape index (κ3) is 3.94. The van der Waals surface area contributed by atoms with Gasteiger partial charge in [-0.3, -0.25) is 4.79 Å². The number of nitrogens with one attached hydrogen (secondary N) is 1.